The molecule has 0 spiro atoms. The molecule has 100 valence electrons. The van der Waals surface area contributed by atoms with Crippen molar-refractivity contribution in [3.63, 3.8) is 0 Å². The predicted octanol–water partition coefficient (Wildman–Crippen LogP) is 2.72. The maximum Gasteiger partial charge on any atom is 0.304 e. The highest BCUT2D eigenvalue weighted by atomic mass is 16.4. The van der Waals surface area contributed by atoms with Crippen LogP contribution in [-0.4, -0.2) is 35.6 Å². The van der Waals surface area contributed by atoms with E-state index in [4.69, 9.17) is 5.11 Å². The summed E-state index contributed by atoms with van der Waals surface area (Å²) in [6, 6.07) is 8.80. The zero-order valence-corrected chi connectivity index (χ0v) is 11.5. The number of benzene rings is 1. The molecule has 0 aromatic heterocycles. The lowest BCUT2D eigenvalue weighted by Gasteiger charge is -2.27. The van der Waals surface area contributed by atoms with E-state index in [2.05, 4.69) is 36.9 Å². The van der Waals surface area contributed by atoms with Crippen LogP contribution >= 0.6 is 0 Å². The van der Waals surface area contributed by atoms with Crippen molar-refractivity contribution in [3.8, 4) is 0 Å². The van der Waals surface area contributed by atoms with Crippen molar-refractivity contribution in [3.05, 3.63) is 35.4 Å². The molecule has 3 heteroatoms. The van der Waals surface area contributed by atoms with Crippen LogP contribution in [0.25, 0.3) is 0 Å². The summed E-state index contributed by atoms with van der Waals surface area (Å²) in [6.45, 7) is 4.89. The number of aryl methyl sites for hydroxylation is 1. The van der Waals surface area contributed by atoms with Gasteiger partial charge in [-0.2, -0.15) is 0 Å². The van der Waals surface area contributed by atoms with E-state index in [0.29, 0.717) is 12.6 Å². The van der Waals surface area contributed by atoms with Crippen molar-refractivity contribution >= 4 is 5.97 Å². The Labute approximate surface area is 109 Å². The van der Waals surface area contributed by atoms with Crippen LogP contribution in [0.15, 0.2) is 24.3 Å². The molecular formula is C15H23NO2. The van der Waals surface area contributed by atoms with E-state index in [1.807, 2.05) is 13.1 Å². The van der Waals surface area contributed by atoms with Crippen LogP contribution in [0.5, 0.6) is 0 Å². The minimum atomic E-state index is -0.729. The third kappa shape index (κ3) is 4.49. The lowest BCUT2D eigenvalue weighted by molar-refractivity contribution is -0.137. The predicted molar refractivity (Wildman–Crippen MR) is 73.8 cm³/mol. The second-order valence-electron chi connectivity index (χ2n) is 4.82. The highest BCUT2D eigenvalue weighted by Gasteiger charge is 2.15. The highest BCUT2D eigenvalue weighted by molar-refractivity contribution is 5.66. The van der Waals surface area contributed by atoms with Gasteiger partial charge in [-0.1, -0.05) is 31.2 Å². The Bertz CT molecular complexity index is 390. The molecule has 1 aromatic carbocycles. The van der Waals surface area contributed by atoms with Crippen molar-refractivity contribution in [2.75, 3.05) is 13.6 Å². The highest BCUT2D eigenvalue weighted by Crippen LogP contribution is 2.14. The molecule has 1 aromatic rings. The van der Waals surface area contributed by atoms with Gasteiger partial charge < -0.3 is 10.0 Å². The lowest BCUT2D eigenvalue weighted by atomic mass is 9.99. The maximum atomic E-state index is 10.6. The lowest BCUT2D eigenvalue weighted by Crippen LogP contribution is -2.34. The van der Waals surface area contributed by atoms with E-state index in [9.17, 15) is 4.79 Å². The van der Waals surface area contributed by atoms with Gasteiger partial charge in [0, 0.05) is 12.6 Å². The number of carbonyl (C=O) groups is 1. The van der Waals surface area contributed by atoms with Gasteiger partial charge in [-0.25, -0.2) is 0 Å². The number of hydrogen-bond acceptors (Lipinski definition) is 2. The zero-order valence-electron chi connectivity index (χ0n) is 11.5. The van der Waals surface area contributed by atoms with Crippen LogP contribution in [0.3, 0.4) is 0 Å². The fourth-order valence-corrected chi connectivity index (χ4v) is 2.16. The van der Waals surface area contributed by atoms with Crippen molar-refractivity contribution in [2.45, 2.75) is 39.2 Å². The summed E-state index contributed by atoms with van der Waals surface area (Å²) in [6.07, 6.45) is 2.23. The van der Waals surface area contributed by atoms with Gasteiger partial charge in [0.25, 0.3) is 0 Å². The third-order valence-electron chi connectivity index (χ3n) is 3.49. The molecule has 1 atom stereocenters. The van der Waals surface area contributed by atoms with E-state index in [0.717, 1.165) is 12.8 Å². The Morgan fingerprint density at radius 3 is 2.61 bits per heavy atom. The first kappa shape index (κ1) is 14.7. The first-order chi connectivity index (χ1) is 8.54. The molecule has 0 bridgehead atoms. The molecule has 1 rings (SSSR count). The molecule has 1 N–H and O–H groups in total. The minimum absolute atomic E-state index is 0.209. The third-order valence-corrected chi connectivity index (χ3v) is 3.49. The average Bonchev–Trinajstić information content (AvgIpc) is 2.35. The molecule has 18 heavy (non-hydrogen) atoms. The first-order valence-corrected chi connectivity index (χ1v) is 6.51. The minimum Gasteiger partial charge on any atom is -0.481 e. The maximum absolute atomic E-state index is 10.6. The van der Waals surface area contributed by atoms with Crippen LogP contribution < -0.4 is 0 Å². The molecule has 0 radical (unpaired) electrons. The Balaban J connectivity index is 2.61. The normalized spacial score (nSPS) is 12.7. The van der Waals surface area contributed by atoms with E-state index >= 15 is 0 Å². The largest absolute Gasteiger partial charge is 0.481 e. The Morgan fingerprint density at radius 1 is 1.39 bits per heavy atom. The van der Waals surface area contributed by atoms with Crippen LogP contribution in [0.4, 0.5) is 0 Å². The standard InChI is InChI=1S/C15H23NO2/c1-4-14(16(3)10-9-15(17)18)11-13-8-6-5-7-12(13)2/h5-8,14H,4,9-11H2,1-3H3,(H,17,18). The number of hydrogen-bond donors (Lipinski definition) is 1. The van der Waals surface area contributed by atoms with Crippen molar-refractivity contribution < 1.29 is 9.90 Å². The topological polar surface area (TPSA) is 40.5 Å². The first-order valence-electron chi connectivity index (χ1n) is 6.51. The van der Waals surface area contributed by atoms with Crippen molar-refractivity contribution in [2.24, 2.45) is 0 Å². The molecule has 0 amide bonds. The fraction of sp³-hybridized carbons (Fsp3) is 0.533. The summed E-state index contributed by atoms with van der Waals surface area (Å²) < 4.78 is 0. The second kappa shape index (κ2) is 7.17. The molecule has 0 aliphatic carbocycles. The Kier molecular flexibility index (Phi) is 5.86. The van der Waals surface area contributed by atoms with Crippen LogP contribution in [0, 0.1) is 6.92 Å². The molecular weight excluding hydrogens is 226 g/mol. The van der Waals surface area contributed by atoms with Gasteiger partial charge in [-0.3, -0.25) is 4.79 Å². The van der Waals surface area contributed by atoms with Crippen LogP contribution in [0.2, 0.25) is 0 Å². The van der Waals surface area contributed by atoms with Crippen molar-refractivity contribution in [1.29, 1.82) is 0 Å². The van der Waals surface area contributed by atoms with E-state index in [1.54, 1.807) is 0 Å². The van der Waals surface area contributed by atoms with E-state index in [-0.39, 0.29) is 6.42 Å². The Morgan fingerprint density at radius 2 is 2.06 bits per heavy atom. The number of nitrogens with zero attached hydrogens (tertiary/aromatic N) is 1. The number of aliphatic carboxylic acids is 1. The number of rotatable bonds is 7. The summed E-state index contributed by atoms with van der Waals surface area (Å²) in [5.41, 5.74) is 2.66. The van der Waals surface area contributed by atoms with Crippen molar-refractivity contribution in [1.82, 2.24) is 4.90 Å². The Hall–Kier alpha value is -1.35. The van der Waals surface area contributed by atoms with E-state index < -0.39 is 5.97 Å². The number of carboxylic acid groups (broad SMARTS) is 1. The van der Waals surface area contributed by atoms with Gasteiger partial charge in [-0.05, 0) is 37.9 Å². The number of carboxylic acids is 1. The molecule has 0 aliphatic heterocycles. The summed E-state index contributed by atoms with van der Waals surface area (Å²) >= 11 is 0. The molecule has 0 saturated carbocycles. The SMILES string of the molecule is CCC(Cc1ccccc1C)N(C)CCC(=O)O. The molecule has 3 nitrogen and oxygen atoms in total. The molecule has 0 heterocycles. The summed E-state index contributed by atoms with van der Waals surface area (Å²) in [7, 11) is 2.01. The van der Waals surface area contributed by atoms with Gasteiger partial charge in [0.1, 0.15) is 0 Å². The fourth-order valence-electron chi connectivity index (χ4n) is 2.16. The van der Waals surface area contributed by atoms with E-state index in [1.165, 1.54) is 11.1 Å². The average molecular weight is 249 g/mol. The smallest absolute Gasteiger partial charge is 0.304 e. The molecule has 1 unspecified atom stereocenters. The van der Waals surface area contributed by atoms with Crippen LogP contribution in [0.1, 0.15) is 30.9 Å². The molecule has 0 aliphatic rings. The van der Waals surface area contributed by atoms with Gasteiger partial charge in [0.05, 0.1) is 6.42 Å². The zero-order chi connectivity index (χ0) is 13.5. The molecule has 0 saturated heterocycles. The summed E-state index contributed by atoms with van der Waals surface area (Å²) in [5, 5.41) is 8.72. The second-order valence-corrected chi connectivity index (χ2v) is 4.82. The summed E-state index contributed by atoms with van der Waals surface area (Å²) in [4.78, 5) is 12.8. The number of likely N-dealkylation sites (N-methyl/N-ethyl adjacent to an activating group) is 1. The van der Waals surface area contributed by atoms with Gasteiger partial charge in [0.15, 0.2) is 0 Å². The van der Waals surface area contributed by atoms with Gasteiger partial charge in [0.2, 0.25) is 0 Å². The quantitative estimate of drug-likeness (QED) is 0.807. The molecule has 0 fully saturated rings. The summed E-state index contributed by atoms with van der Waals surface area (Å²) in [5.74, 6) is -0.729. The van der Waals surface area contributed by atoms with Gasteiger partial charge >= 0.3 is 5.97 Å². The van der Waals surface area contributed by atoms with Gasteiger partial charge in [-0.15, -0.1) is 0 Å². The van der Waals surface area contributed by atoms with Crippen LogP contribution in [-0.2, 0) is 11.2 Å². The monoisotopic (exact) mass is 249 g/mol.